The van der Waals surface area contributed by atoms with Crippen LogP contribution in [0.25, 0.3) is 0 Å². The average Bonchev–Trinajstić information content (AvgIpc) is 3.29. The highest BCUT2D eigenvalue weighted by molar-refractivity contribution is 5.92. The van der Waals surface area contributed by atoms with Crippen molar-refractivity contribution in [3.05, 3.63) is 47.4 Å². The second kappa shape index (κ2) is 8.37. The first-order valence-corrected chi connectivity index (χ1v) is 8.97. The van der Waals surface area contributed by atoms with Gasteiger partial charge in [0.25, 0.3) is 5.91 Å². The molecule has 150 valence electrons. The molecule has 1 N–H and O–H groups in total. The molecule has 3 rings (SSSR count). The summed E-state index contributed by atoms with van der Waals surface area (Å²) in [7, 11) is 0. The smallest absolute Gasteiger partial charge is 0.276 e. The van der Waals surface area contributed by atoms with Gasteiger partial charge in [-0.05, 0) is 32.4 Å². The normalized spacial score (nSPS) is 16.3. The van der Waals surface area contributed by atoms with Gasteiger partial charge in [0, 0.05) is 37.2 Å². The summed E-state index contributed by atoms with van der Waals surface area (Å²) in [5.74, 6) is -1.92. The minimum Gasteiger partial charge on any atom is -0.485 e. The van der Waals surface area contributed by atoms with Crippen molar-refractivity contribution in [2.75, 3.05) is 6.54 Å². The fourth-order valence-corrected chi connectivity index (χ4v) is 2.93. The van der Waals surface area contributed by atoms with Crippen molar-refractivity contribution in [1.29, 1.82) is 0 Å². The van der Waals surface area contributed by atoms with Crippen molar-refractivity contribution in [2.45, 2.75) is 45.4 Å². The third-order valence-corrected chi connectivity index (χ3v) is 4.44. The zero-order valence-corrected chi connectivity index (χ0v) is 15.6. The molecular weight excluding hydrogens is 372 g/mol. The molecule has 1 saturated heterocycles. The number of rotatable bonds is 7. The van der Waals surface area contributed by atoms with Crippen molar-refractivity contribution < 1.29 is 27.6 Å². The number of carbonyl (C=O) groups excluding carboxylic acids is 2. The maximum absolute atomic E-state index is 13.2. The van der Waals surface area contributed by atoms with Gasteiger partial charge in [-0.2, -0.15) is 0 Å². The molecule has 1 aromatic carbocycles. The number of amides is 2. The first-order chi connectivity index (χ1) is 13.3. The average molecular weight is 393 g/mol. The lowest BCUT2D eigenvalue weighted by Gasteiger charge is -2.28. The third kappa shape index (κ3) is 4.65. The number of aromatic nitrogens is 1. The summed E-state index contributed by atoms with van der Waals surface area (Å²) in [6, 6.07) is 4.45. The zero-order chi connectivity index (χ0) is 20.3. The van der Waals surface area contributed by atoms with Crippen LogP contribution in [0.4, 0.5) is 8.78 Å². The summed E-state index contributed by atoms with van der Waals surface area (Å²) < 4.78 is 36.6. The highest BCUT2D eigenvalue weighted by Crippen LogP contribution is 2.18. The van der Waals surface area contributed by atoms with Gasteiger partial charge in [0.1, 0.15) is 12.4 Å². The van der Waals surface area contributed by atoms with Crippen molar-refractivity contribution in [1.82, 2.24) is 15.4 Å². The lowest BCUT2D eigenvalue weighted by atomic mass is 10.1. The van der Waals surface area contributed by atoms with Crippen LogP contribution in [-0.4, -0.2) is 40.5 Å². The zero-order valence-electron chi connectivity index (χ0n) is 15.6. The first-order valence-electron chi connectivity index (χ1n) is 8.97. The van der Waals surface area contributed by atoms with Crippen molar-refractivity contribution in [2.24, 2.45) is 0 Å². The summed E-state index contributed by atoms with van der Waals surface area (Å²) in [5, 5.41) is 6.63. The Balaban J connectivity index is 1.62. The van der Waals surface area contributed by atoms with Crippen molar-refractivity contribution >= 4 is 11.8 Å². The van der Waals surface area contributed by atoms with E-state index in [2.05, 4.69) is 10.5 Å². The standard InChI is InChI=1S/C19H21F2N3O4/c1-11(2)24(9-12-3-6-18(25)22-12)19(26)17-8-14(28-23-17)10-27-13-4-5-15(20)16(21)7-13/h4-5,7-8,11-12H,3,6,9-10H2,1-2H3,(H,22,25). The lowest BCUT2D eigenvalue weighted by Crippen LogP contribution is -2.45. The molecule has 0 saturated carbocycles. The molecule has 2 amide bonds. The van der Waals surface area contributed by atoms with Crippen LogP contribution in [0.15, 0.2) is 28.8 Å². The molecular formula is C19H21F2N3O4. The Morgan fingerprint density at radius 3 is 2.79 bits per heavy atom. The fraction of sp³-hybridized carbons (Fsp3) is 0.421. The molecule has 0 radical (unpaired) electrons. The van der Waals surface area contributed by atoms with Gasteiger partial charge in [-0.3, -0.25) is 9.59 Å². The highest BCUT2D eigenvalue weighted by atomic mass is 19.2. The number of benzene rings is 1. The molecule has 1 aliphatic rings. The molecule has 1 fully saturated rings. The minimum atomic E-state index is -1.02. The van der Waals surface area contributed by atoms with Gasteiger partial charge in [0.05, 0.1) is 0 Å². The minimum absolute atomic E-state index is 0.0146. The van der Waals surface area contributed by atoms with Gasteiger partial charge >= 0.3 is 0 Å². The molecule has 1 aliphatic heterocycles. The summed E-state index contributed by atoms with van der Waals surface area (Å²) in [6.45, 7) is 4.05. The van der Waals surface area contributed by atoms with Gasteiger partial charge in [0.2, 0.25) is 5.91 Å². The molecule has 1 atom stereocenters. The van der Waals surface area contributed by atoms with Gasteiger partial charge in [-0.15, -0.1) is 0 Å². The van der Waals surface area contributed by atoms with E-state index in [0.717, 1.165) is 12.1 Å². The van der Waals surface area contributed by atoms with Gasteiger partial charge in [-0.25, -0.2) is 8.78 Å². The predicted octanol–water partition coefficient (Wildman–Crippen LogP) is 2.66. The van der Waals surface area contributed by atoms with Gasteiger partial charge in [0.15, 0.2) is 23.1 Å². The highest BCUT2D eigenvalue weighted by Gasteiger charge is 2.28. The predicted molar refractivity (Wildman–Crippen MR) is 94.5 cm³/mol. The lowest BCUT2D eigenvalue weighted by molar-refractivity contribution is -0.119. The van der Waals surface area contributed by atoms with Crippen LogP contribution in [0.1, 0.15) is 42.9 Å². The molecule has 0 spiro atoms. The van der Waals surface area contributed by atoms with Gasteiger partial charge < -0.3 is 19.5 Å². The monoisotopic (exact) mass is 393 g/mol. The molecule has 9 heteroatoms. The van der Waals surface area contributed by atoms with Crippen molar-refractivity contribution in [3.63, 3.8) is 0 Å². The molecule has 2 heterocycles. The van der Waals surface area contributed by atoms with Crippen LogP contribution in [0.5, 0.6) is 5.75 Å². The number of nitrogens with one attached hydrogen (secondary N) is 1. The summed E-state index contributed by atoms with van der Waals surface area (Å²) in [4.78, 5) is 25.8. The fourth-order valence-electron chi connectivity index (χ4n) is 2.93. The third-order valence-electron chi connectivity index (χ3n) is 4.44. The molecule has 7 nitrogen and oxygen atoms in total. The van der Waals surface area contributed by atoms with E-state index >= 15 is 0 Å². The van der Waals surface area contributed by atoms with Crippen LogP contribution < -0.4 is 10.1 Å². The van der Waals surface area contributed by atoms with Crippen molar-refractivity contribution in [3.8, 4) is 5.75 Å². The van der Waals surface area contributed by atoms with Crippen LogP contribution in [-0.2, 0) is 11.4 Å². The van der Waals surface area contributed by atoms with Crippen LogP contribution in [0.3, 0.4) is 0 Å². The van der Waals surface area contributed by atoms with E-state index < -0.39 is 11.6 Å². The van der Waals surface area contributed by atoms with E-state index in [9.17, 15) is 18.4 Å². The van der Waals surface area contributed by atoms with E-state index in [0.29, 0.717) is 19.4 Å². The number of hydrogen-bond acceptors (Lipinski definition) is 5. The SMILES string of the molecule is CC(C)N(CC1CCC(=O)N1)C(=O)c1cc(COc2ccc(F)c(F)c2)on1. The molecule has 28 heavy (non-hydrogen) atoms. The number of carbonyl (C=O) groups is 2. The van der Waals surface area contributed by atoms with E-state index in [1.54, 1.807) is 4.90 Å². The number of nitrogens with zero attached hydrogens (tertiary/aromatic N) is 2. The van der Waals surface area contributed by atoms with E-state index in [1.165, 1.54) is 12.1 Å². The summed E-state index contributed by atoms with van der Waals surface area (Å²) >= 11 is 0. The Morgan fingerprint density at radius 2 is 2.14 bits per heavy atom. The molecule has 1 unspecified atom stereocenters. The maximum atomic E-state index is 13.2. The second-order valence-electron chi connectivity index (χ2n) is 6.90. The Labute approximate surface area is 160 Å². The summed E-state index contributed by atoms with van der Waals surface area (Å²) in [5.41, 5.74) is 0.113. The molecule has 1 aromatic heterocycles. The maximum Gasteiger partial charge on any atom is 0.276 e. The number of hydrogen-bond donors (Lipinski definition) is 1. The largest absolute Gasteiger partial charge is 0.485 e. The summed E-state index contributed by atoms with van der Waals surface area (Å²) in [6.07, 6.45) is 1.14. The van der Waals surface area contributed by atoms with Gasteiger partial charge in [-0.1, -0.05) is 5.16 Å². The Kier molecular flexibility index (Phi) is 5.91. The Morgan fingerprint density at radius 1 is 1.36 bits per heavy atom. The van der Waals surface area contributed by atoms with E-state index in [-0.39, 0.29) is 47.7 Å². The van der Waals surface area contributed by atoms with Crippen LogP contribution in [0, 0.1) is 11.6 Å². The molecule has 0 aliphatic carbocycles. The Hall–Kier alpha value is -2.97. The molecule has 2 aromatic rings. The number of ether oxygens (including phenoxy) is 1. The first kappa shape index (κ1) is 19.8. The quantitative estimate of drug-likeness (QED) is 0.782. The number of halogens is 2. The topological polar surface area (TPSA) is 84.7 Å². The second-order valence-corrected chi connectivity index (χ2v) is 6.90. The van der Waals surface area contributed by atoms with E-state index in [4.69, 9.17) is 9.26 Å². The van der Waals surface area contributed by atoms with Crippen LogP contribution in [0.2, 0.25) is 0 Å². The van der Waals surface area contributed by atoms with E-state index in [1.807, 2.05) is 13.8 Å². The van der Waals surface area contributed by atoms with Crippen LogP contribution >= 0.6 is 0 Å². The Bertz CT molecular complexity index is 869. The molecule has 0 bridgehead atoms.